The maximum Gasteiger partial charge on any atom is 0.270 e. The second kappa shape index (κ2) is 9.75. The predicted octanol–water partition coefficient (Wildman–Crippen LogP) is 3.22. The molecule has 0 radical (unpaired) electrons. The number of para-hydroxylation sites is 1. The Morgan fingerprint density at radius 2 is 1.96 bits per heavy atom. The summed E-state index contributed by atoms with van der Waals surface area (Å²) >= 11 is 0. The van der Waals surface area contributed by atoms with Gasteiger partial charge in [0.15, 0.2) is 0 Å². The Morgan fingerprint density at radius 1 is 1.19 bits per heavy atom. The molecule has 6 heteroatoms. The van der Waals surface area contributed by atoms with E-state index in [1.807, 2.05) is 24.3 Å². The lowest BCUT2D eigenvalue weighted by atomic mass is 10.1. The number of rotatable bonds is 9. The van der Waals surface area contributed by atoms with Gasteiger partial charge in [-0.25, -0.2) is 9.97 Å². The average molecular weight is 356 g/mol. The molecular weight excluding hydrogens is 328 g/mol. The number of carbonyl (C=O) groups excluding carboxylic acids is 1. The fourth-order valence-corrected chi connectivity index (χ4v) is 2.57. The molecule has 0 aliphatic heterocycles. The van der Waals surface area contributed by atoms with Gasteiger partial charge in [0.1, 0.15) is 23.1 Å². The van der Waals surface area contributed by atoms with Crippen LogP contribution in [0.15, 0.2) is 30.3 Å². The monoisotopic (exact) mass is 356 g/mol. The Bertz CT molecular complexity index is 732. The number of carbonyl (C=O) groups is 1. The van der Waals surface area contributed by atoms with E-state index in [1.54, 1.807) is 20.1 Å². The zero-order valence-electron chi connectivity index (χ0n) is 16.0. The number of hydrogen-bond donors (Lipinski definition) is 2. The third kappa shape index (κ3) is 6.02. The van der Waals surface area contributed by atoms with Gasteiger partial charge in [-0.15, -0.1) is 0 Å². The van der Waals surface area contributed by atoms with Crippen LogP contribution in [0.1, 0.15) is 42.1 Å². The summed E-state index contributed by atoms with van der Waals surface area (Å²) in [5, 5.41) is 6.18. The minimum Gasteiger partial charge on any atom is -0.496 e. The Morgan fingerprint density at radius 3 is 2.69 bits per heavy atom. The molecule has 1 aromatic heterocycles. The lowest BCUT2D eigenvalue weighted by Crippen LogP contribution is -2.27. The Hall–Kier alpha value is -2.63. The van der Waals surface area contributed by atoms with Gasteiger partial charge in [0.2, 0.25) is 0 Å². The molecule has 2 rings (SSSR count). The van der Waals surface area contributed by atoms with Crippen LogP contribution in [0.4, 0.5) is 5.82 Å². The molecule has 140 valence electrons. The lowest BCUT2D eigenvalue weighted by molar-refractivity contribution is 0.0948. The SMILES string of the molecule is COc1ccccc1CCNC(=O)c1cc(NCCC(C)C)nc(C)n1. The molecule has 6 nitrogen and oxygen atoms in total. The highest BCUT2D eigenvalue weighted by molar-refractivity contribution is 5.92. The summed E-state index contributed by atoms with van der Waals surface area (Å²) in [6, 6.07) is 9.50. The van der Waals surface area contributed by atoms with Crippen LogP contribution in [0.3, 0.4) is 0 Å². The minimum atomic E-state index is -0.197. The van der Waals surface area contributed by atoms with Crippen LogP contribution in [0, 0.1) is 12.8 Å². The molecule has 0 saturated carbocycles. The Balaban J connectivity index is 1.93. The number of nitrogens with zero attached hydrogens (tertiary/aromatic N) is 2. The normalized spacial score (nSPS) is 10.7. The summed E-state index contributed by atoms with van der Waals surface area (Å²) in [5.74, 6) is 2.51. The number of ether oxygens (including phenoxy) is 1. The first-order valence-corrected chi connectivity index (χ1v) is 8.99. The zero-order valence-corrected chi connectivity index (χ0v) is 16.0. The first-order chi connectivity index (χ1) is 12.5. The molecule has 0 fully saturated rings. The summed E-state index contributed by atoms with van der Waals surface area (Å²) in [4.78, 5) is 21.0. The number of benzene rings is 1. The molecule has 26 heavy (non-hydrogen) atoms. The van der Waals surface area contributed by atoms with E-state index in [2.05, 4.69) is 34.4 Å². The number of nitrogens with one attached hydrogen (secondary N) is 2. The number of anilines is 1. The third-order valence-electron chi connectivity index (χ3n) is 3.97. The van der Waals surface area contributed by atoms with Crippen molar-refractivity contribution >= 4 is 11.7 Å². The van der Waals surface area contributed by atoms with Crippen molar-refractivity contribution in [1.29, 1.82) is 0 Å². The van der Waals surface area contributed by atoms with Gasteiger partial charge < -0.3 is 15.4 Å². The number of amides is 1. The molecule has 2 aromatic rings. The van der Waals surface area contributed by atoms with E-state index in [1.165, 1.54) is 0 Å². The lowest BCUT2D eigenvalue weighted by Gasteiger charge is -2.11. The van der Waals surface area contributed by atoms with Gasteiger partial charge in [-0.1, -0.05) is 32.0 Å². The van der Waals surface area contributed by atoms with Crippen LogP contribution in [-0.4, -0.2) is 36.1 Å². The van der Waals surface area contributed by atoms with Gasteiger partial charge in [0.25, 0.3) is 5.91 Å². The molecule has 0 bridgehead atoms. The van der Waals surface area contributed by atoms with Gasteiger partial charge in [-0.3, -0.25) is 4.79 Å². The van der Waals surface area contributed by atoms with Crippen molar-refractivity contribution < 1.29 is 9.53 Å². The molecule has 2 N–H and O–H groups in total. The number of aryl methyl sites for hydroxylation is 1. The topological polar surface area (TPSA) is 76.1 Å². The van der Waals surface area contributed by atoms with Crippen LogP contribution in [0.5, 0.6) is 5.75 Å². The molecule has 0 spiro atoms. The first-order valence-electron chi connectivity index (χ1n) is 8.99. The summed E-state index contributed by atoms with van der Waals surface area (Å²) in [5.41, 5.74) is 1.44. The van der Waals surface area contributed by atoms with Crippen molar-refractivity contribution in [2.45, 2.75) is 33.6 Å². The van der Waals surface area contributed by atoms with Gasteiger partial charge in [-0.05, 0) is 37.3 Å². The van der Waals surface area contributed by atoms with Gasteiger partial charge in [0.05, 0.1) is 7.11 Å². The second-order valence-corrected chi connectivity index (χ2v) is 6.61. The van der Waals surface area contributed by atoms with Crippen LogP contribution in [0.2, 0.25) is 0 Å². The van der Waals surface area contributed by atoms with E-state index < -0.39 is 0 Å². The van der Waals surface area contributed by atoms with Crippen molar-refractivity contribution in [3.05, 3.63) is 47.4 Å². The molecule has 0 atom stereocenters. The highest BCUT2D eigenvalue weighted by Crippen LogP contribution is 2.17. The van der Waals surface area contributed by atoms with Crippen LogP contribution in [0.25, 0.3) is 0 Å². The summed E-state index contributed by atoms with van der Waals surface area (Å²) in [6.07, 6.45) is 1.74. The van der Waals surface area contributed by atoms with Crippen molar-refractivity contribution in [3.8, 4) is 5.75 Å². The largest absolute Gasteiger partial charge is 0.496 e. The maximum absolute atomic E-state index is 12.4. The van der Waals surface area contributed by atoms with Gasteiger partial charge >= 0.3 is 0 Å². The highest BCUT2D eigenvalue weighted by Gasteiger charge is 2.11. The van der Waals surface area contributed by atoms with E-state index in [0.29, 0.717) is 36.2 Å². The van der Waals surface area contributed by atoms with Gasteiger partial charge in [0, 0.05) is 19.2 Å². The fraction of sp³-hybridized carbons (Fsp3) is 0.450. The Kier molecular flexibility index (Phi) is 7.38. The molecule has 0 aliphatic carbocycles. The van der Waals surface area contributed by atoms with E-state index in [0.717, 1.165) is 24.3 Å². The smallest absolute Gasteiger partial charge is 0.270 e. The number of hydrogen-bond acceptors (Lipinski definition) is 5. The standard InChI is InChI=1S/C20H28N4O2/c1-14(2)9-11-21-19-13-17(23-15(3)24-19)20(25)22-12-10-16-7-5-6-8-18(16)26-4/h5-8,13-14H,9-12H2,1-4H3,(H,22,25)(H,21,23,24). The molecule has 0 saturated heterocycles. The van der Waals surface area contributed by atoms with Crippen LogP contribution >= 0.6 is 0 Å². The molecular formula is C20H28N4O2. The van der Waals surface area contributed by atoms with Gasteiger partial charge in [-0.2, -0.15) is 0 Å². The van der Waals surface area contributed by atoms with E-state index >= 15 is 0 Å². The highest BCUT2D eigenvalue weighted by atomic mass is 16.5. The van der Waals surface area contributed by atoms with Crippen molar-refractivity contribution in [3.63, 3.8) is 0 Å². The number of methoxy groups -OCH3 is 1. The van der Waals surface area contributed by atoms with E-state index in [9.17, 15) is 4.79 Å². The fourth-order valence-electron chi connectivity index (χ4n) is 2.57. The predicted molar refractivity (Wildman–Crippen MR) is 104 cm³/mol. The molecule has 1 amide bonds. The van der Waals surface area contributed by atoms with Crippen LogP contribution < -0.4 is 15.4 Å². The molecule has 0 unspecified atom stereocenters. The van der Waals surface area contributed by atoms with Crippen molar-refractivity contribution in [2.24, 2.45) is 5.92 Å². The minimum absolute atomic E-state index is 0.197. The zero-order chi connectivity index (χ0) is 18.9. The van der Waals surface area contributed by atoms with E-state index in [-0.39, 0.29) is 5.91 Å². The summed E-state index contributed by atoms with van der Waals surface area (Å²) in [7, 11) is 1.65. The van der Waals surface area contributed by atoms with Crippen molar-refractivity contribution in [1.82, 2.24) is 15.3 Å². The van der Waals surface area contributed by atoms with Crippen LogP contribution in [-0.2, 0) is 6.42 Å². The first kappa shape index (κ1) is 19.7. The average Bonchev–Trinajstić information content (AvgIpc) is 2.61. The quantitative estimate of drug-likeness (QED) is 0.721. The summed E-state index contributed by atoms with van der Waals surface area (Å²) < 4.78 is 5.33. The van der Waals surface area contributed by atoms with Crippen molar-refractivity contribution in [2.75, 3.05) is 25.5 Å². The molecule has 0 aliphatic rings. The molecule has 1 heterocycles. The Labute approximate surface area is 155 Å². The number of aromatic nitrogens is 2. The second-order valence-electron chi connectivity index (χ2n) is 6.61. The summed E-state index contributed by atoms with van der Waals surface area (Å²) in [6.45, 7) is 7.47. The maximum atomic E-state index is 12.4. The molecule has 1 aromatic carbocycles. The third-order valence-corrected chi connectivity index (χ3v) is 3.97. The van der Waals surface area contributed by atoms with E-state index in [4.69, 9.17) is 4.74 Å².